The fourth-order valence-electron chi connectivity index (χ4n) is 1.54. The SMILES string of the molecule is CSc1ccccc1Oc1cc(F)cc(C=O)c1. The number of benzene rings is 2. The van der Waals surface area contributed by atoms with Gasteiger partial charge < -0.3 is 4.74 Å². The van der Waals surface area contributed by atoms with Crippen LogP contribution in [0.3, 0.4) is 0 Å². The molecule has 0 amide bonds. The third-order valence-electron chi connectivity index (χ3n) is 2.33. The Morgan fingerprint density at radius 2 is 2.00 bits per heavy atom. The summed E-state index contributed by atoms with van der Waals surface area (Å²) in [4.78, 5) is 11.6. The second kappa shape index (κ2) is 5.69. The molecule has 0 atom stereocenters. The summed E-state index contributed by atoms with van der Waals surface area (Å²) in [6.45, 7) is 0. The Morgan fingerprint density at radius 1 is 1.22 bits per heavy atom. The zero-order valence-corrected chi connectivity index (χ0v) is 10.5. The summed E-state index contributed by atoms with van der Waals surface area (Å²) in [6.07, 6.45) is 2.53. The molecule has 0 saturated heterocycles. The normalized spacial score (nSPS) is 10.1. The molecule has 0 unspecified atom stereocenters. The fraction of sp³-hybridized carbons (Fsp3) is 0.0714. The van der Waals surface area contributed by atoms with Crippen LogP contribution >= 0.6 is 11.8 Å². The van der Waals surface area contributed by atoms with Crippen LogP contribution < -0.4 is 4.74 Å². The number of hydrogen-bond donors (Lipinski definition) is 0. The average Bonchev–Trinajstić information content (AvgIpc) is 2.38. The van der Waals surface area contributed by atoms with E-state index in [4.69, 9.17) is 4.74 Å². The number of thioether (sulfide) groups is 1. The van der Waals surface area contributed by atoms with Crippen LogP contribution in [0.1, 0.15) is 10.4 Å². The molecule has 0 aliphatic rings. The van der Waals surface area contributed by atoms with E-state index in [2.05, 4.69) is 0 Å². The minimum absolute atomic E-state index is 0.256. The number of aldehydes is 1. The van der Waals surface area contributed by atoms with E-state index in [0.29, 0.717) is 17.8 Å². The number of ether oxygens (including phenoxy) is 1. The molecule has 0 aliphatic heterocycles. The summed E-state index contributed by atoms with van der Waals surface area (Å²) < 4.78 is 18.9. The van der Waals surface area contributed by atoms with Crippen molar-refractivity contribution in [3.05, 3.63) is 53.8 Å². The van der Waals surface area contributed by atoms with Gasteiger partial charge in [0.15, 0.2) is 0 Å². The van der Waals surface area contributed by atoms with Crippen molar-refractivity contribution in [1.29, 1.82) is 0 Å². The third kappa shape index (κ3) is 2.90. The first kappa shape index (κ1) is 12.6. The summed E-state index contributed by atoms with van der Waals surface area (Å²) in [5.74, 6) is 0.474. The quantitative estimate of drug-likeness (QED) is 0.611. The average molecular weight is 262 g/mol. The summed E-state index contributed by atoms with van der Waals surface area (Å²) in [6, 6.07) is 11.4. The summed E-state index contributed by atoms with van der Waals surface area (Å²) in [7, 11) is 0. The molecule has 0 aliphatic carbocycles. The Bertz CT molecular complexity index is 569. The van der Waals surface area contributed by atoms with Gasteiger partial charge in [-0.2, -0.15) is 0 Å². The Kier molecular flexibility index (Phi) is 3.99. The van der Waals surface area contributed by atoms with Gasteiger partial charge in [-0.05, 0) is 30.5 Å². The van der Waals surface area contributed by atoms with Crippen LogP contribution in [0.25, 0.3) is 0 Å². The van der Waals surface area contributed by atoms with Gasteiger partial charge in [0.25, 0.3) is 0 Å². The van der Waals surface area contributed by atoms with Gasteiger partial charge in [0.05, 0.1) is 0 Å². The van der Waals surface area contributed by atoms with Crippen molar-refractivity contribution in [2.24, 2.45) is 0 Å². The lowest BCUT2D eigenvalue weighted by atomic mass is 10.2. The van der Waals surface area contributed by atoms with Gasteiger partial charge in [0.2, 0.25) is 0 Å². The first-order valence-corrected chi connectivity index (χ1v) is 6.52. The molecule has 0 aromatic heterocycles. The maximum Gasteiger partial charge on any atom is 0.150 e. The van der Waals surface area contributed by atoms with E-state index in [-0.39, 0.29) is 5.56 Å². The van der Waals surface area contributed by atoms with Crippen molar-refractivity contribution >= 4 is 18.0 Å². The highest BCUT2D eigenvalue weighted by Crippen LogP contribution is 2.31. The largest absolute Gasteiger partial charge is 0.456 e. The lowest BCUT2D eigenvalue weighted by molar-refractivity contribution is 0.112. The van der Waals surface area contributed by atoms with Crippen molar-refractivity contribution in [2.45, 2.75) is 4.90 Å². The first-order chi connectivity index (χ1) is 8.72. The van der Waals surface area contributed by atoms with Crippen LogP contribution in [0, 0.1) is 5.82 Å². The Morgan fingerprint density at radius 3 is 2.72 bits per heavy atom. The molecule has 4 heteroatoms. The monoisotopic (exact) mass is 262 g/mol. The van der Waals surface area contributed by atoms with Crippen LogP contribution in [0.15, 0.2) is 47.4 Å². The molecule has 2 aromatic rings. The third-order valence-corrected chi connectivity index (χ3v) is 3.10. The first-order valence-electron chi connectivity index (χ1n) is 5.29. The number of para-hydroxylation sites is 1. The molecule has 0 saturated carbocycles. The highest BCUT2D eigenvalue weighted by atomic mass is 32.2. The van der Waals surface area contributed by atoms with Crippen molar-refractivity contribution in [3.63, 3.8) is 0 Å². The topological polar surface area (TPSA) is 26.3 Å². The Hall–Kier alpha value is -1.81. The highest BCUT2D eigenvalue weighted by molar-refractivity contribution is 7.98. The van der Waals surface area contributed by atoms with Crippen LogP contribution in [-0.2, 0) is 0 Å². The highest BCUT2D eigenvalue weighted by Gasteiger charge is 2.06. The van der Waals surface area contributed by atoms with Gasteiger partial charge in [0, 0.05) is 16.5 Å². The van der Waals surface area contributed by atoms with E-state index in [1.54, 1.807) is 17.8 Å². The Labute approximate surface area is 109 Å². The van der Waals surface area contributed by atoms with Crippen molar-refractivity contribution < 1.29 is 13.9 Å². The fourth-order valence-corrected chi connectivity index (χ4v) is 2.07. The van der Waals surface area contributed by atoms with E-state index in [1.165, 1.54) is 18.2 Å². The van der Waals surface area contributed by atoms with Crippen molar-refractivity contribution in [1.82, 2.24) is 0 Å². The van der Waals surface area contributed by atoms with Gasteiger partial charge >= 0.3 is 0 Å². The summed E-state index contributed by atoms with van der Waals surface area (Å²) in [5.41, 5.74) is 0.256. The van der Waals surface area contributed by atoms with E-state index < -0.39 is 5.82 Å². The molecule has 2 aromatic carbocycles. The Balaban J connectivity index is 2.33. The van der Waals surface area contributed by atoms with Crippen LogP contribution in [0.2, 0.25) is 0 Å². The van der Waals surface area contributed by atoms with Crippen molar-refractivity contribution in [2.75, 3.05) is 6.26 Å². The van der Waals surface area contributed by atoms with Gasteiger partial charge in [-0.1, -0.05) is 12.1 Å². The van der Waals surface area contributed by atoms with Gasteiger partial charge in [-0.25, -0.2) is 4.39 Å². The lowest BCUT2D eigenvalue weighted by Crippen LogP contribution is -1.90. The molecule has 0 heterocycles. The van der Waals surface area contributed by atoms with E-state index in [9.17, 15) is 9.18 Å². The van der Waals surface area contributed by atoms with Gasteiger partial charge in [0.1, 0.15) is 23.6 Å². The second-order valence-electron chi connectivity index (χ2n) is 3.59. The zero-order valence-electron chi connectivity index (χ0n) is 9.72. The number of carbonyl (C=O) groups is 1. The minimum atomic E-state index is -0.490. The predicted octanol–water partition coefficient (Wildman–Crippen LogP) is 4.15. The van der Waals surface area contributed by atoms with Crippen molar-refractivity contribution in [3.8, 4) is 11.5 Å². The van der Waals surface area contributed by atoms with Gasteiger partial charge in [-0.15, -0.1) is 11.8 Å². The minimum Gasteiger partial charge on any atom is -0.456 e. The van der Waals surface area contributed by atoms with Gasteiger partial charge in [-0.3, -0.25) is 4.79 Å². The van der Waals surface area contributed by atoms with Crippen LogP contribution in [-0.4, -0.2) is 12.5 Å². The predicted molar refractivity (Wildman–Crippen MR) is 70.1 cm³/mol. The molecule has 2 nitrogen and oxygen atoms in total. The van der Waals surface area contributed by atoms with E-state index in [1.807, 2.05) is 24.5 Å². The second-order valence-corrected chi connectivity index (χ2v) is 4.44. The molecule has 0 N–H and O–H groups in total. The van der Waals surface area contributed by atoms with E-state index >= 15 is 0 Å². The number of rotatable bonds is 4. The molecule has 18 heavy (non-hydrogen) atoms. The van der Waals surface area contributed by atoms with Crippen LogP contribution in [0.5, 0.6) is 11.5 Å². The molecular weight excluding hydrogens is 251 g/mol. The summed E-state index contributed by atoms with van der Waals surface area (Å²) >= 11 is 1.54. The zero-order chi connectivity index (χ0) is 13.0. The smallest absolute Gasteiger partial charge is 0.150 e. The molecule has 92 valence electrons. The number of carbonyl (C=O) groups excluding carboxylic acids is 1. The number of hydrogen-bond acceptors (Lipinski definition) is 3. The maximum atomic E-state index is 13.3. The number of halogens is 1. The molecule has 0 radical (unpaired) electrons. The van der Waals surface area contributed by atoms with E-state index in [0.717, 1.165) is 4.90 Å². The van der Waals surface area contributed by atoms with Crippen LogP contribution in [0.4, 0.5) is 4.39 Å². The molecule has 0 fully saturated rings. The molecule has 0 bridgehead atoms. The molecular formula is C14H11FO2S. The summed E-state index contributed by atoms with van der Waals surface area (Å²) in [5, 5.41) is 0. The standard InChI is InChI=1S/C14H11FO2S/c1-18-14-5-3-2-4-13(14)17-12-7-10(9-16)6-11(15)8-12/h2-9H,1H3. The molecule has 2 rings (SSSR count). The maximum absolute atomic E-state index is 13.3. The lowest BCUT2D eigenvalue weighted by Gasteiger charge is -2.09. The molecule has 0 spiro atoms.